The van der Waals surface area contributed by atoms with Gasteiger partial charge in [-0.2, -0.15) is 0 Å². The van der Waals surface area contributed by atoms with Crippen LogP contribution in [0.3, 0.4) is 0 Å². The Labute approximate surface area is 69.5 Å². The van der Waals surface area contributed by atoms with Crippen molar-refractivity contribution >= 4 is 12.4 Å². The summed E-state index contributed by atoms with van der Waals surface area (Å²) in [4.78, 5) is 0. The summed E-state index contributed by atoms with van der Waals surface area (Å²) in [5, 5.41) is 0. The molecule has 0 aromatic rings. The summed E-state index contributed by atoms with van der Waals surface area (Å²) in [7, 11) is 0. The van der Waals surface area contributed by atoms with Crippen LogP contribution in [0.25, 0.3) is 0 Å². The summed E-state index contributed by atoms with van der Waals surface area (Å²) in [6, 6.07) is 0.199. The largest absolute Gasteiger partial charge is 0.377 e. The van der Waals surface area contributed by atoms with Gasteiger partial charge in [-0.15, -0.1) is 12.4 Å². The number of hydrogen-bond acceptors (Lipinski definition) is 2. The zero-order valence-electron chi connectivity index (χ0n) is 6.96. The van der Waals surface area contributed by atoms with Gasteiger partial charge in [-0.3, -0.25) is 0 Å². The molecule has 2 N–H and O–H groups in total. The predicted molar refractivity (Wildman–Crippen MR) is 46.6 cm³/mol. The molecule has 2 unspecified atom stereocenters. The Balaban J connectivity index is 0. The van der Waals surface area contributed by atoms with E-state index < -0.39 is 0 Å². The van der Waals surface area contributed by atoms with Gasteiger partial charge in [0.1, 0.15) is 0 Å². The number of rotatable bonds is 4. The van der Waals surface area contributed by atoms with Crippen molar-refractivity contribution in [1.29, 1.82) is 0 Å². The van der Waals surface area contributed by atoms with Crippen molar-refractivity contribution in [2.24, 2.45) is 5.73 Å². The maximum absolute atomic E-state index is 5.68. The summed E-state index contributed by atoms with van der Waals surface area (Å²) in [6.07, 6.45) is 1.20. The summed E-state index contributed by atoms with van der Waals surface area (Å²) in [5.41, 5.74) is 5.68. The Kier molecular flexibility index (Phi) is 9.40. The first-order chi connectivity index (χ1) is 4.22. The van der Waals surface area contributed by atoms with Gasteiger partial charge in [-0.25, -0.2) is 0 Å². The second kappa shape index (κ2) is 7.32. The predicted octanol–water partition coefficient (Wildman–Crippen LogP) is 1.57. The molecule has 0 fully saturated rings. The highest BCUT2D eigenvalue weighted by Gasteiger charge is 2.08. The lowest BCUT2D eigenvalue weighted by Gasteiger charge is -2.17. The first kappa shape index (κ1) is 12.8. The van der Waals surface area contributed by atoms with Crippen LogP contribution in [0.5, 0.6) is 0 Å². The number of hydrogen-bond donors (Lipinski definition) is 1. The van der Waals surface area contributed by atoms with E-state index in [0.717, 1.165) is 13.0 Å². The average molecular weight is 168 g/mol. The summed E-state index contributed by atoms with van der Waals surface area (Å²) in [6.45, 7) is 6.82. The van der Waals surface area contributed by atoms with Crippen LogP contribution in [-0.4, -0.2) is 18.8 Å². The first-order valence-electron chi connectivity index (χ1n) is 3.59. The van der Waals surface area contributed by atoms with Crippen LogP contribution in [0.15, 0.2) is 0 Å². The van der Waals surface area contributed by atoms with Crippen LogP contribution in [0.2, 0.25) is 0 Å². The Hall–Kier alpha value is 0.210. The van der Waals surface area contributed by atoms with Gasteiger partial charge >= 0.3 is 0 Å². The van der Waals surface area contributed by atoms with E-state index in [0.29, 0.717) is 0 Å². The standard InChI is InChI=1S/C7H17NO.ClH/c1-4-7(8)6(3)9-5-2;/h6-7H,4-5,8H2,1-3H3;1H. The van der Waals surface area contributed by atoms with Crippen molar-refractivity contribution in [1.82, 2.24) is 0 Å². The van der Waals surface area contributed by atoms with Gasteiger partial charge in [-0.05, 0) is 20.3 Å². The molecule has 10 heavy (non-hydrogen) atoms. The van der Waals surface area contributed by atoms with Crippen LogP contribution < -0.4 is 5.73 Å². The SMILES string of the molecule is CCOC(C)C(N)CC.Cl. The third-order valence-electron chi connectivity index (χ3n) is 1.50. The van der Waals surface area contributed by atoms with E-state index in [9.17, 15) is 0 Å². The Morgan fingerprint density at radius 3 is 2.20 bits per heavy atom. The van der Waals surface area contributed by atoms with Crippen molar-refractivity contribution in [3.05, 3.63) is 0 Å². The lowest BCUT2D eigenvalue weighted by molar-refractivity contribution is 0.0568. The maximum atomic E-state index is 5.68. The highest BCUT2D eigenvalue weighted by Crippen LogP contribution is 1.98. The smallest absolute Gasteiger partial charge is 0.0697 e. The molecule has 0 amide bonds. The molecule has 0 bridgehead atoms. The summed E-state index contributed by atoms with van der Waals surface area (Å²) >= 11 is 0. The molecule has 0 heterocycles. The fraction of sp³-hybridized carbons (Fsp3) is 1.00. The zero-order valence-corrected chi connectivity index (χ0v) is 7.78. The van der Waals surface area contributed by atoms with Crippen molar-refractivity contribution in [2.45, 2.75) is 39.3 Å². The molecule has 0 aliphatic carbocycles. The van der Waals surface area contributed by atoms with Gasteiger partial charge < -0.3 is 10.5 Å². The fourth-order valence-corrected chi connectivity index (χ4v) is 0.718. The van der Waals surface area contributed by atoms with Gasteiger partial charge in [0.15, 0.2) is 0 Å². The van der Waals surface area contributed by atoms with E-state index in [-0.39, 0.29) is 24.6 Å². The maximum Gasteiger partial charge on any atom is 0.0697 e. The molecule has 3 heteroatoms. The van der Waals surface area contributed by atoms with E-state index in [1.54, 1.807) is 0 Å². The molecule has 0 spiro atoms. The van der Waals surface area contributed by atoms with Gasteiger partial charge in [0.25, 0.3) is 0 Å². The van der Waals surface area contributed by atoms with Gasteiger partial charge in [0.05, 0.1) is 6.10 Å². The minimum atomic E-state index is 0. The quantitative estimate of drug-likeness (QED) is 0.690. The fourth-order valence-electron chi connectivity index (χ4n) is 0.718. The van der Waals surface area contributed by atoms with Crippen molar-refractivity contribution in [3.8, 4) is 0 Å². The average Bonchev–Trinajstić information content (AvgIpc) is 1.87. The lowest BCUT2D eigenvalue weighted by atomic mass is 10.1. The third-order valence-corrected chi connectivity index (χ3v) is 1.50. The Morgan fingerprint density at radius 2 is 1.90 bits per heavy atom. The van der Waals surface area contributed by atoms with Crippen molar-refractivity contribution < 1.29 is 4.74 Å². The Bertz CT molecular complexity index is 70.6. The molecule has 2 nitrogen and oxygen atoms in total. The summed E-state index contributed by atoms with van der Waals surface area (Å²) < 4.78 is 5.27. The molecular weight excluding hydrogens is 150 g/mol. The molecule has 0 saturated heterocycles. The molecule has 0 saturated carbocycles. The molecule has 0 aromatic heterocycles. The zero-order chi connectivity index (χ0) is 7.28. The van der Waals surface area contributed by atoms with Crippen LogP contribution in [0.1, 0.15) is 27.2 Å². The van der Waals surface area contributed by atoms with E-state index in [1.807, 2.05) is 13.8 Å². The second-order valence-electron chi connectivity index (χ2n) is 2.23. The number of nitrogens with two attached hydrogens (primary N) is 1. The van der Waals surface area contributed by atoms with Crippen LogP contribution in [-0.2, 0) is 4.74 Å². The minimum Gasteiger partial charge on any atom is -0.377 e. The van der Waals surface area contributed by atoms with Gasteiger partial charge in [0.2, 0.25) is 0 Å². The molecule has 0 aliphatic rings. The highest BCUT2D eigenvalue weighted by molar-refractivity contribution is 5.85. The summed E-state index contributed by atoms with van der Waals surface area (Å²) in [5.74, 6) is 0. The molecule has 0 aliphatic heterocycles. The van der Waals surface area contributed by atoms with Crippen molar-refractivity contribution in [3.63, 3.8) is 0 Å². The highest BCUT2D eigenvalue weighted by atomic mass is 35.5. The van der Waals surface area contributed by atoms with Gasteiger partial charge in [0, 0.05) is 12.6 Å². The molecule has 0 radical (unpaired) electrons. The van der Waals surface area contributed by atoms with Crippen molar-refractivity contribution in [2.75, 3.05) is 6.61 Å². The normalized spacial score (nSPS) is 15.6. The second-order valence-corrected chi connectivity index (χ2v) is 2.23. The monoisotopic (exact) mass is 167 g/mol. The number of ether oxygens (including phenoxy) is 1. The van der Waals surface area contributed by atoms with E-state index in [2.05, 4.69) is 6.92 Å². The van der Waals surface area contributed by atoms with E-state index in [4.69, 9.17) is 10.5 Å². The molecule has 64 valence electrons. The first-order valence-corrected chi connectivity index (χ1v) is 3.59. The van der Waals surface area contributed by atoms with E-state index in [1.165, 1.54) is 0 Å². The van der Waals surface area contributed by atoms with Crippen LogP contribution in [0.4, 0.5) is 0 Å². The van der Waals surface area contributed by atoms with Gasteiger partial charge in [-0.1, -0.05) is 6.92 Å². The van der Waals surface area contributed by atoms with Crippen LogP contribution in [0, 0.1) is 0 Å². The Morgan fingerprint density at radius 1 is 1.40 bits per heavy atom. The third kappa shape index (κ3) is 5.03. The molecule has 0 aromatic carbocycles. The van der Waals surface area contributed by atoms with Crippen LogP contribution >= 0.6 is 12.4 Å². The minimum absolute atomic E-state index is 0. The molecule has 0 rings (SSSR count). The molecule has 2 atom stereocenters. The molecular formula is C7H18ClNO. The lowest BCUT2D eigenvalue weighted by Crippen LogP contribution is -2.33. The number of halogens is 1. The van der Waals surface area contributed by atoms with E-state index >= 15 is 0 Å². The topological polar surface area (TPSA) is 35.2 Å².